The van der Waals surface area contributed by atoms with Crippen LogP contribution in [0.2, 0.25) is 0 Å². The summed E-state index contributed by atoms with van der Waals surface area (Å²) in [5.41, 5.74) is 0. The summed E-state index contributed by atoms with van der Waals surface area (Å²) in [5.74, 6) is -0.878. The zero-order valence-corrected chi connectivity index (χ0v) is 53.3. The van der Waals surface area contributed by atoms with Crippen molar-refractivity contribution in [3.8, 4) is 0 Å². The van der Waals surface area contributed by atoms with E-state index < -0.39 is 6.10 Å². The normalized spacial score (nSPS) is 12.8. The Hall–Kier alpha value is -3.93. The predicted octanol–water partition coefficient (Wildman–Crippen LogP) is 23.8. The van der Waals surface area contributed by atoms with E-state index in [1.807, 2.05) is 0 Å². The van der Waals surface area contributed by atoms with Crippen LogP contribution in [-0.4, -0.2) is 37.2 Å². The quantitative estimate of drug-likeness (QED) is 0.0261. The number of hydrogen-bond acceptors (Lipinski definition) is 6. The van der Waals surface area contributed by atoms with Crippen molar-refractivity contribution in [1.29, 1.82) is 0 Å². The third-order valence-electron chi connectivity index (χ3n) is 14.8. The van der Waals surface area contributed by atoms with Gasteiger partial charge in [-0.15, -0.1) is 0 Å². The lowest BCUT2D eigenvalue weighted by atomic mass is 10.0. The Bertz CT molecular complexity index is 1620. The molecule has 0 amide bonds. The SMILES string of the molecule is CC/C=C\C/C=C\C/C=C\C/C=C\C/C=C\C/C=C\C/C=C\CCCCCCCCCCCCCC(=O)OCC(COC(=O)CCCCCCCCCCCCCC)OC(=O)CCCCCCCCC/C=C\C/C=C\CCCCCC. The molecule has 1 unspecified atom stereocenters. The fraction of sp³-hybridized carbons (Fsp3) is 0.720. The molecule has 0 radical (unpaired) electrons. The summed E-state index contributed by atoms with van der Waals surface area (Å²) >= 11 is 0. The molecule has 0 fully saturated rings. The molecular formula is C75H128O6. The summed E-state index contributed by atoms with van der Waals surface area (Å²) in [5, 5.41) is 0. The van der Waals surface area contributed by atoms with Crippen molar-refractivity contribution in [3.05, 3.63) is 109 Å². The van der Waals surface area contributed by atoms with Crippen molar-refractivity contribution in [2.45, 2.75) is 335 Å². The van der Waals surface area contributed by atoms with Crippen molar-refractivity contribution in [2.75, 3.05) is 13.2 Å². The van der Waals surface area contributed by atoms with Gasteiger partial charge in [-0.05, 0) is 109 Å². The van der Waals surface area contributed by atoms with E-state index in [2.05, 4.69) is 130 Å². The van der Waals surface area contributed by atoms with Gasteiger partial charge in [0.1, 0.15) is 13.2 Å². The van der Waals surface area contributed by atoms with E-state index in [-0.39, 0.29) is 31.1 Å². The maximum atomic E-state index is 12.9. The molecule has 0 aromatic rings. The van der Waals surface area contributed by atoms with Gasteiger partial charge in [-0.1, -0.05) is 310 Å². The Morgan fingerprint density at radius 2 is 0.481 bits per heavy atom. The Balaban J connectivity index is 4.23. The van der Waals surface area contributed by atoms with E-state index in [1.54, 1.807) is 0 Å². The van der Waals surface area contributed by atoms with Gasteiger partial charge in [0.05, 0.1) is 0 Å². The van der Waals surface area contributed by atoms with Crippen molar-refractivity contribution in [3.63, 3.8) is 0 Å². The molecule has 0 aliphatic carbocycles. The van der Waals surface area contributed by atoms with Gasteiger partial charge in [-0.3, -0.25) is 14.4 Å². The van der Waals surface area contributed by atoms with Crippen LogP contribution in [0.1, 0.15) is 329 Å². The Kier molecular flexibility index (Phi) is 65.2. The molecule has 0 bridgehead atoms. The van der Waals surface area contributed by atoms with Crippen LogP contribution in [-0.2, 0) is 28.6 Å². The first-order valence-corrected chi connectivity index (χ1v) is 34.4. The minimum atomic E-state index is -0.783. The van der Waals surface area contributed by atoms with Crippen molar-refractivity contribution in [2.24, 2.45) is 0 Å². The second-order valence-electron chi connectivity index (χ2n) is 22.7. The van der Waals surface area contributed by atoms with Gasteiger partial charge in [0.2, 0.25) is 0 Å². The van der Waals surface area contributed by atoms with Crippen molar-refractivity contribution in [1.82, 2.24) is 0 Å². The molecule has 464 valence electrons. The van der Waals surface area contributed by atoms with Crippen LogP contribution in [0.4, 0.5) is 0 Å². The van der Waals surface area contributed by atoms with Crippen LogP contribution >= 0.6 is 0 Å². The highest BCUT2D eigenvalue weighted by Crippen LogP contribution is 2.17. The third-order valence-corrected chi connectivity index (χ3v) is 14.8. The number of hydrogen-bond donors (Lipinski definition) is 0. The maximum Gasteiger partial charge on any atom is 0.306 e. The van der Waals surface area contributed by atoms with E-state index in [9.17, 15) is 14.4 Å². The number of esters is 3. The highest BCUT2D eigenvalue weighted by Gasteiger charge is 2.19. The van der Waals surface area contributed by atoms with E-state index in [0.29, 0.717) is 19.3 Å². The highest BCUT2D eigenvalue weighted by atomic mass is 16.6. The molecule has 0 spiro atoms. The molecular weight excluding hydrogens is 997 g/mol. The average molecular weight is 1130 g/mol. The fourth-order valence-corrected chi connectivity index (χ4v) is 9.63. The first-order valence-electron chi connectivity index (χ1n) is 34.4. The summed E-state index contributed by atoms with van der Waals surface area (Å²) < 4.78 is 16.9. The van der Waals surface area contributed by atoms with Crippen molar-refractivity contribution >= 4 is 17.9 Å². The molecule has 0 saturated carbocycles. The lowest BCUT2D eigenvalue weighted by Crippen LogP contribution is -2.30. The van der Waals surface area contributed by atoms with Gasteiger partial charge in [0, 0.05) is 19.3 Å². The molecule has 0 rings (SSSR count). The number of ether oxygens (including phenoxy) is 3. The van der Waals surface area contributed by atoms with Gasteiger partial charge in [-0.25, -0.2) is 0 Å². The summed E-state index contributed by atoms with van der Waals surface area (Å²) in [7, 11) is 0. The van der Waals surface area contributed by atoms with Gasteiger partial charge >= 0.3 is 17.9 Å². The van der Waals surface area contributed by atoms with E-state index in [1.165, 1.54) is 173 Å². The second-order valence-corrected chi connectivity index (χ2v) is 22.7. The number of rotatable bonds is 62. The smallest absolute Gasteiger partial charge is 0.306 e. The number of carbonyl (C=O) groups excluding carboxylic acids is 3. The molecule has 0 saturated heterocycles. The fourth-order valence-electron chi connectivity index (χ4n) is 9.63. The Labute approximate surface area is 501 Å². The van der Waals surface area contributed by atoms with Crippen LogP contribution in [0, 0.1) is 0 Å². The topological polar surface area (TPSA) is 78.9 Å². The Morgan fingerprint density at radius 3 is 0.765 bits per heavy atom. The van der Waals surface area contributed by atoms with E-state index >= 15 is 0 Å². The second kappa shape index (κ2) is 68.6. The Morgan fingerprint density at radius 1 is 0.259 bits per heavy atom. The van der Waals surface area contributed by atoms with Crippen LogP contribution in [0.5, 0.6) is 0 Å². The molecule has 0 aliphatic heterocycles. The molecule has 0 aromatic carbocycles. The summed E-state index contributed by atoms with van der Waals surface area (Å²) in [4.78, 5) is 38.3. The van der Waals surface area contributed by atoms with Crippen LogP contribution in [0.3, 0.4) is 0 Å². The molecule has 0 aromatic heterocycles. The first-order chi connectivity index (χ1) is 40.0. The predicted molar refractivity (Wildman–Crippen MR) is 353 cm³/mol. The summed E-state index contributed by atoms with van der Waals surface area (Å²) in [6.07, 6.45) is 93.9. The third kappa shape index (κ3) is 66.8. The van der Waals surface area contributed by atoms with E-state index in [4.69, 9.17) is 14.2 Å². The molecule has 0 aliphatic rings. The highest BCUT2D eigenvalue weighted by molar-refractivity contribution is 5.71. The molecule has 6 nitrogen and oxygen atoms in total. The van der Waals surface area contributed by atoms with Gasteiger partial charge in [0.25, 0.3) is 0 Å². The lowest BCUT2D eigenvalue weighted by Gasteiger charge is -2.18. The summed E-state index contributed by atoms with van der Waals surface area (Å²) in [6.45, 7) is 6.53. The molecule has 6 heteroatoms. The zero-order chi connectivity index (χ0) is 58.5. The first kappa shape index (κ1) is 77.1. The van der Waals surface area contributed by atoms with Gasteiger partial charge in [-0.2, -0.15) is 0 Å². The molecule has 81 heavy (non-hydrogen) atoms. The van der Waals surface area contributed by atoms with Gasteiger partial charge < -0.3 is 14.2 Å². The zero-order valence-electron chi connectivity index (χ0n) is 53.3. The number of allylic oxidation sites excluding steroid dienone is 18. The van der Waals surface area contributed by atoms with Crippen LogP contribution < -0.4 is 0 Å². The molecule has 1 atom stereocenters. The largest absolute Gasteiger partial charge is 0.462 e. The van der Waals surface area contributed by atoms with E-state index in [0.717, 1.165) is 116 Å². The molecule has 0 heterocycles. The minimum Gasteiger partial charge on any atom is -0.462 e. The number of carbonyl (C=O) groups is 3. The maximum absolute atomic E-state index is 12.9. The monoisotopic (exact) mass is 1120 g/mol. The van der Waals surface area contributed by atoms with Crippen molar-refractivity contribution < 1.29 is 28.6 Å². The van der Waals surface area contributed by atoms with Crippen LogP contribution in [0.25, 0.3) is 0 Å². The molecule has 0 N–H and O–H groups in total. The standard InChI is InChI=1S/C75H128O6/c1-4-7-10-13-16-19-22-25-27-29-31-32-33-34-35-36-37-38-39-40-41-42-43-44-45-47-48-50-53-56-59-62-65-68-74(77)80-71-72(70-79-73(76)67-64-61-58-55-52-24-21-18-15-12-9-6-3)81-75(78)69-66-63-60-57-54-51-49-46-30-28-26-23-20-17-14-11-8-5-2/h7,10,16,19-20,23,25,27-28,30-32,34-35,37-38,40-41,72H,4-6,8-9,11-15,17-18,21-22,24,26,29,33,36,39,42-71H2,1-3H3/b10-7-,19-16-,23-20-,27-25-,30-28-,32-31-,35-34-,38-37-,41-40-. The summed E-state index contributed by atoms with van der Waals surface area (Å²) in [6, 6.07) is 0. The van der Waals surface area contributed by atoms with Crippen LogP contribution in [0.15, 0.2) is 109 Å². The van der Waals surface area contributed by atoms with Gasteiger partial charge in [0.15, 0.2) is 6.10 Å². The number of unbranched alkanes of at least 4 members (excludes halogenated alkanes) is 33. The average Bonchev–Trinajstić information content (AvgIpc) is 3.47. The lowest BCUT2D eigenvalue weighted by molar-refractivity contribution is -0.167. The minimum absolute atomic E-state index is 0.0786.